The number of aromatic amines is 1. The molecule has 3 aromatic heterocycles. The van der Waals surface area contributed by atoms with Gasteiger partial charge in [0.2, 0.25) is 0 Å². The van der Waals surface area contributed by atoms with Crippen molar-refractivity contribution in [1.82, 2.24) is 25.3 Å². The van der Waals surface area contributed by atoms with Crippen LogP contribution in [-0.2, 0) is 11.2 Å². The van der Waals surface area contributed by atoms with Crippen LogP contribution >= 0.6 is 11.6 Å². The van der Waals surface area contributed by atoms with E-state index in [4.69, 9.17) is 25.8 Å². The Morgan fingerprint density at radius 3 is 2.91 bits per heavy atom. The fourth-order valence-electron chi connectivity index (χ4n) is 4.27. The Labute approximate surface area is 205 Å². The first-order valence-corrected chi connectivity index (χ1v) is 11.5. The molecule has 0 bridgehead atoms. The summed E-state index contributed by atoms with van der Waals surface area (Å²) in [5.41, 5.74) is 5.23. The SMILES string of the molecule is COc1c(Cl)cccc1Nc1c(-c2ccnc3cnc(OC4COC4)nc23)[nH]c2c1C(=O)NCC2. The van der Waals surface area contributed by atoms with Gasteiger partial charge in [-0.05, 0) is 18.2 Å². The summed E-state index contributed by atoms with van der Waals surface area (Å²) in [7, 11) is 1.55. The van der Waals surface area contributed by atoms with Crippen LogP contribution in [0.25, 0.3) is 22.3 Å². The summed E-state index contributed by atoms with van der Waals surface area (Å²) in [5.74, 6) is 0.311. The highest BCUT2D eigenvalue weighted by Gasteiger charge is 2.29. The number of hydrogen-bond donors (Lipinski definition) is 3. The van der Waals surface area contributed by atoms with E-state index in [-0.39, 0.29) is 18.0 Å². The topological polar surface area (TPSA) is 123 Å². The lowest BCUT2D eigenvalue weighted by Gasteiger charge is -2.25. The van der Waals surface area contributed by atoms with E-state index >= 15 is 0 Å². The highest BCUT2D eigenvalue weighted by Crippen LogP contribution is 2.42. The molecule has 11 heteroatoms. The maximum atomic E-state index is 12.9. The Hall–Kier alpha value is -3.89. The van der Waals surface area contributed by atoms with E-state index in [1.165, 1.54) is 0 Å². The molecule has 0 saturated carbocycles. The normalized spacial score (nSPS) is 15.3. The van der Waals surface area contributed by atoms with Crippen LogP contribution in [0, 0.1) is 0 Å². The van der Waals surface area contributed by atoms with Crippen molar-refractivity contribution in [3.8, 4) is 23.0 Å². The zero-order chi connectivity index (χ0) is 23.9. The van der Waals surface area contributed by atoms with E-state index in [1.54, 1.807) is 25.6 Å². The summed E-state index contributed by atoms with van der Waals surface area (Å²) < 4.78 is 16.5. The lowest BCUT2D eigenvalue weighted by Crippen LogP contribution is -2.39. The minimum absolute atomic E-state index is 0.0680. The van der Waals surface area contributed by atoms with Crippen LogP contribution in [-0.4, -0.2) is 58.8 Å². The lowest BCUT2D eigenvalue weighted by molar-refractivity contribution is -0.0830. The van der Waals surface area contributed by atoms with E-state index in [1.807, 2.05) is 18.2 Å². The quantitative estimate of drug-likeness (QED) is 0.374. The number of amides is 1. The van der Waals surface area contributed by atoms with Gasteiger partial charge < -0.3 is 29.8 Å². The van der Waals surface area contributed by atoms with Gasteiger partial charge in [0.25, 0.3) is 5.91 Å². The van der Waals surface area contributed by atoms with Crippen molar-refractivity contribution < 1.29 is 19.0 Å². The molecule has 0 atom stereocenters. The molecule has 2 aliphatic heterocycles. The number of ether oxygens (including phenoxy) is 3. The van der Waals surface area contributed by atoms with Crippen molar-refractivity contribution in [2.75, 3.05) is 32.2 Å². The first kappa shape index (κ1) is 21.6. The number of pyridine rings is 1. The van der Waals surface area contributed by atoms with Crippen molar-refractivity contribution >= 4 is 39.9 Å². The Morgan fingerprint density at radius 1 is 1.23 bits per heavy atom. The molecular formula is C24H21ClN6O4. The van der Waals surface area contributed by atoms with E-state index in [0.717, 1.165) is 11.3 Å². The van der Waals surface area contributed by atoms with Gasteiger partial charge in [0.05, 0.1) is 54.2 Å². The fraction of sp³-hybridized carbons (Fsp3) is 0.250. The fourth-order valence-corrected chi connectivity index (χ4v) is 4.52. The number of rotatable bonds is 6. The number of aromatic nitrogens is 4. The number of methoxy groups -OCH3 is 1. The van der Waals surface area contributed by atoms with E-state index in [0.29, 0.717) is 70.6 Å². The number of carbonyl (C=O) groups is 1. The Kier molecular flexibility index (Phi) is 5.39. The van der Waals surface area contributed by atoms with Crippen molar-refractivity contribution in [1.29, 1.82) is 0 Å². The summed E-state index contributed by atoms with van der Waals surface area (Å²) in [5, 5.41) is 6.77. The van der Waals surface area contributed by atoms with Gasteiger partial charge in [-0.15, -0.1) is 0 Å². The van der Waals surface area contributed by atoms with Gasteiger partial charge in [-0.25, -0.2) is 4.98 Å². The lowest BCUT2D eigenvalue weighted by atomic mass is 10.0. The van der Waals surface area contributed by atoms with Gasteiger partial charge in [0.15, 0.2) is 5.75 Å². The van der Waals surface area contributed by atoms with Gasteiger partial charge in [-0.2, -0.15) is 4.98 Å². The smallest absolute Gasteiger partial charge is 0.317 e. The molecule has 1 aromatic carbocycles. The largest absolute Gasteiger partial charge is 0.493 e. The number of carbonyl (C=O) groups excluding carboxylic acids is 1. The third-order valence-corrected chi connectivity index (χ3v) is 6.30. The molecule has 0 spiro atoms. The number of benzene rings is 1. The molecule has 0 aliphatic carbocycles. The highest BCUT2D eigenvalue weighted by atomic mass is 35.5. The maximum Gasteiger partial charge on any atom is 0.317 e. The monoisotopic (exact) mass is 492 g/mol. The first-order chi connectivity index (χ1) is 17.1. The third kappa shape index (κ3) is 3.80. The van der Waals surface area contributed by atoms with Crippen LogP contribution in [0.5, 0.6) is 11.8 Å². The molecule has 5 heterocycles. The number of H-pyrrole nitrogens is 1. The van der Waals surface area contributed by atoms with E-state index < -0.39 is 0 Å². The van der Waals surface area contributed by atoms with Crippen LogP contribution in [0.1, 0.15) is 16.1 Å². The number of nitrogens with zero attached hydrogens (tertiary/aromatic N) is 3. The zero-order valence-corrected chi connectivity index (χ0v) is 19.5. The van der Waals surface area contributed by atoms with Crippen molar-refractivity contribution in [2.24, 2.45) is 0 Å². The van der Waals surface area contributed by atoms with Crippen molar-refractivity contribution in [3.05, 3.63) is 52.9 Å². The second-order valence-corrected chi connectivity index (χ2v) is 8.61. The van der Waals surface area contributed by atoms with Crippen LogP contribution in [0.2, 0.25) is 5.02 Å². The predicted octanol–water partition coefficient (Wildman–Crippen LogP) is 3.49. The molecule has 3 N–H and O–H groups in total. The predicted molar refractivity (Wildman–Crippen MR) is 130 cm³/mol. The number of nitrogens with one attached hydrogen (secondary N) is 3. The molecule has 0 unspecified atom stereocenters. The molecule has 35 heavy (non-hydrogen) atoms. The molecule has 10 nitrogen and oxygen atoms in total. The third-order valence-electron chi connectivity index (χ3n) is 6.00. The van der Waals surface area contributed by atoms with Crippen molar-refractivity contribution in [2.45, 2.75) is 12.5 Å². The molecule has 1 amide bonds. The minimum Gasteiger partial charge on any atom is -0.493 e. The molecule has 4 aromatic rings. The van der Waals surface area contributed by atoms with Gasteiger partial charge >= 0.3 is 6.01 Å². The number of anilines is 2. The van der Waals surface area contributed by atoms with E-state index in [2.05, 4.69) is 30.6 Å². The molecular weight excluding hydrogens is 472 g/mol. The standard InChI is InChI=1S/C24H21ClN6O4/c1-33-22-14(25)3-2-4-16(22)30-21-18-15(6-8-27-23(18)32)29-20(21)13-5-7-26-17-9-28-24(31-19(13)17)35-12-10-34-11-12/h2-5,7,9,12,29-30H,6,8,10-11H2,1H3,(H,27,32). The van der Waals surface area contributed by atoms with Gasteiger partial charge in [-0.1, -0.05) is 17.7 Å². The molecule has 178 valence electrons. The average molecular weight is 493 g/mol. The summed E-state index contributed by atoms with van der Waals surface area (Å²) in [6.07, 6.45) is 3.91. The average Bonchev–Trinajstić information content (AvgIpc) is 3.20. The first-order valence-electron chi connectivity index (χ1n) is 11.1. The number of hydrogen-bond acceptors (Lipinski definition) is 8. The molecule has 2 aliphatic rings. The van der Waals surface area contributed by atoms with Crippen LogP contribution < -0.4 is 20.1 Å². The molecule has 6 rings (SSSR count). The van der Waals surface area contributed by atoms with Gasteiger partial charge in [0, 0.05) is 30.4 Å². The maximum absolute atomic E-state index is 12.9. The second kappa shape index (κ2) is 8.71. The highest BCUT2D eigenvalue weighted by molar-refractivity contribution is 6.32. The summed E-state index contributed by atoms with van der Waals surface area (Å²) in [6.45, 7) is 1.57. The van der Waals surface area contributed by atoms with Crippen LogP contribution in [0.15, 0.2) is 36.7 Å². The number of para-hydroxylation sites is 1. The Bertz CT molecular complexity index is 1450. The van der Waals surface area contributed by atoms with Crippen LogP contribution in [0.4, 0.5) is 11.4 Å². The summed E-state index contributed by atoms with van der Waals surface area (Å²) in [6, 6.07) is 7.50. The van der Waals surface area contributed by atoms with Gasteiger partial charge in [-0.3, -0.25) is 9.78 Å². The van der Waals surface area contributed by atoms with Crippen LogP contribution in [0.3, 0.4) is 0 Å². The van der Waals surface area contributed by atoms with Crippen molar-refractivity contribution in [3.63, 3.8) is 0 Å². The zero-order valence-electron chi connectivity index (χ0n) is 18.7. The molecule has 1 saturated heterocycles. The minimum atomic E-state index is -0.167. The Balaban J connectivity index is 1.52. The number of halogens is 1. The second-order valence-electron chi connectivity index (χ2n) is 8.20. The molecule has 0 radical (unpaired) electrons. The van der Waals surface area contributed by atoms with Gasteiger partial charge in [0.1, 0.15) is 17.1 Å². The van der Waals surface area contributed by atoms with E-state index in [9.17, 15) is 4.79 Å². The Morgan fingerprint density at radius 2 is 2.11 bits per heavy atom. The number of fused-ring (bicyclic) bond motifs is 2. The summed E-state index contributed by atoms with van der Waals surface area (Å²) in [4.78, 5) is 29.7. The molecule has 1 fully saturated rings. The summed E-state index contributed by atoms with van der Waals surface area (Å²) >= 11 is 6.35.